The molecule has 2 rings (SSSR count). The van der Waals surface area contributed by atoms with Crippen molar-refractivity contribution >= 4 is 5.82 Å². The van der Waals surface area contributed by atoms with Crippen molar-refractivity contribution in [3.8, 4) is 0 Å². The summed E-state index contributed by atoms with van der Waals surface area (Å²) in [5.41, 5.74) is 8.21. The Hall–Kier alpha value is -1.12. The van der Waals surface area contributed by atoms with Gasteiger partial charge in [-0.15, -0.1) is 0 Å². The standard InChI is InChI=1S/C10H15N3/c1-6-3-4-9-8(5-6)10(11)13-7(2)12-9/h6H,3-5H2,1-2H3,(H2,11,12,13). The molecule has 0 spiro atoms. The highest BCUT2D eigenvalue weighted by molar-refractivity contribution is 5.43. The van der Waals surface area contributed by atoms with E-state index in [1.54, 1.807) is 0 Å². The van der Waals surface area contributed by atoms with Crippen LogP contribution in [-0.2, 0) is 12.8 Å². The number of nitrogens with zero attached hydrogens (tertiary/aromatic N) is 2. The smallest absolute Gasteiger partial charge is 0.130 e. The van der Waals surface area contributed by atoms with E-state index < -0.39 is 0 Å². The van der Waals surface area contributed by atoms with Gasteiger partial charge in [0.2, 0.25) is 0 Å². The molecule has 3 heteroatoms. The Morgan fingerprint density at radius 3 is 2.92 bits per heavy atom. The van der Waals surface area contributed by atoms with Crippen molar-refractivity contribution in [1.29, 1.82) is 0 Å². The van der Waals surface area contributed by atoms with E-state index in [0.29, 0.717) is 5.82 Å². The van der Waals surface area contributed by atoms with Crippen LogP contribution in [0.1, 0.15) is 30.4 Å². The zero-order valence-electron chi connectivity index (χ0n) is 8.17. The molecule has 2 N–H and O–H groups in total. The summed E-state index contributed by atoms with van der Waals surface area (Å²) in [6.45, 7) is 4.15. The highest BCUT2D eigenvalue weighted by Gasteiger charge is 2.19. The van der Waals surface area contributed by atoms with Crippen LogP contribution in [0.3, 0.4) is 0 Å². The third-order valence-electron chi connectivity index (χ3n) is 2.66. The minimum atomic E-state index is 0.689. The average molecular weight is 177 g/mol. The molecule has 70 valence electrons. The van der Waals surface area contributed by atoms with E-state index in [2.05, 4.69) is 16.9 Å². The van der Waals surface area contributed by atoms with Gasteiger partial charge >= 0.3 is 0 Å². The van der Waals surface area contributed by atoms with Crippen molar-refractivity contribution in [2.75, 3.05) is 5.73 Å². The number of rotatable bonds is 0. The van der Waals surface area contributed by atoms with Crippen molar-refractivity contribution in [3.05, 3.63) is 17.1 Å². The summed E-state index contributed by atoms with van der Waals surface area (Å²) < 4.78 is 0. The molecule has 0 saturated heterocycles. The molecule has 0 aromatic carbocycles. The molecule has 0 saturated carbocycles. The minimum absolute atomic E-state index is 0.689. The molecule has 1 aromatic heterocycles. The molecule has 0 bridgehead atoms. The van der Waals surface area contributed by atoms with Crippen molar-refractivity contribution in [3.63, 3.8) is 0 Å². The molecule has 1 aromatic rings. The van der Waals surface area contributed by atoms with Crippen LogP contribution < -0.4 is 5.73 Å². The number of hydrogen-bond acceptors (Lipinski definition) is 3. The van der Waals surface area contributed by atoms with Crippen LogP contribution >= 0.6 is 0 Å². The monoisotopic (exact) mass is 177 g/mol. The summed E-state index contributed by atoms with van der Waals surface area (Å²) in [6, 6.07) is 0. The predicted octanol–water partition coefficient (Wildman–Crippen LogP) is 1.49. The average Bonchev–Trinajstić information content (AvgIpc) is 2.06. The second-order valence-electron chi connectivity index (χ2n) is 3.93. The van der Waals surface area contributed by atoms with Crippen molar-refractivity contribution < 1.29 is 0 Å². The van der Waals surface area contributed by atoms with Gasteiger partial charge in [-0.3, -0.25) is 0 Å². The molecule has 1 unspecified atom stereocenters. The minimum Gasteiger partial charge on any atom is -0.383 e. The number of nitrogen functional groups attached to an aromatic ring is 1. The Morgan fingerprint density at radius 1 is 1.38 bits per heavy atom. The maximum atomic E-state index is 5.85. The lowest BCUT2D eigenvalue weighted by Gasteiger charge is -2.21. The fourth-order valence-electron chi connectivity index (χ4n) is 1.94. The molecule has 1 aliphatic carbocycles. The highest BCUT2D eigenvalue weighted by atomic mass is 14.9. The summed E-state index contributed by atoms with van der Waals surface area (Å²) in [4.78, 5) is 8.61. The SMILES string of the molecule is Cc1nc(N)c2c(n1)CCC(C)C2. The summed E-state index contributed by atoms with van der Waals surface area (Å²) in [7, 11) is 0. The second kappa shape index (κ2) is 2.98. The quantitative estimate of drug-likeness (QED) is 0.653. The van der Waals surface area contributed by atoms with Crippen LogP contribution in [0, 0.1) is 12.8 Å². The fraction of sp³-hybridized carbons (Fsp3) is 0.600. The van der Waals surface area contributed by atoms with E-state index in [4.69, 9.17) is 5.73 Å². The van der Waals surface area contributed by atoms with Crippen LogP contribution in [0.25, 0.3) is 0 Å². The molecular weight excluding hydrogens is 162 g/mol. The highest BCUT2D eigenvalue weighted by Crippen LogP contribution is 2.26. The predicted molar refractivity (Wildman–Crippen MR) is 52.4 cm³/mol. The Labute approximate surface area is 78.4 Å². The van der Waals surface area contributed by atoms with E-state index in [9.17, 15) is 0 Å². The molecular formula is C10H15N3. The lowest BCUT2D eigenvalue weighted by Crippen LogP contribution is -2.17. The van der Waals surface area contributed by atoms with Crippen molar-refractivity contribution in [2.45, 2.75) is 33.1 Å². The van der Waals surface area contributed by atoms with Gasteiger partial charge < -0.3 is 5.73 Å². The zero-order valence-corrected chi connectivity index (χ0v) is 8.17. The number of hydrogen-bond donors (Lipinski definition) is 1. The van der Waals surface area contributed by atoms with Crippen LogP contribution in [0.5, 0.6) is 0 Å². The normalized spacial score (nSPS) is 21.2. The third-order valence-corrected chi connectivity index (χ3v) is 2.66. The lowest BCUT2D eigenvalue weighted by molar-refractivity contribution is 0.492. The van der Waals surface area contributed by atoms with Crippen LogP contribution in [-0.4, -0.2) is 9.97 Å². The van der Waals surface area contributed by atoms with Crippen LogP contribution in [0.2, 0.25) is 0 Å². The van der Waals surface area contributed by atoms with Crippen LogP contribution in [0.4, 0.5) is 5.82 Å². The number of aromatic nitrogens is 2. The topological polar surface area (TPSA) is 51.8 Å². The van der Waals surface area contributed by atoms with Crippen molar-refractivity contribution in [2.24, 2.45) is 5.92 Å². The summed E-state index contributed by atoms with van der Waals surface area (Å²) in [5.74, 6) is 2.21. The van der Waals surface area contributed by atoms with Crippen LogP contribution in [0.15, 0.2) is 0 Å². The second-order valence-corrected chi connectivity index (χ2v) is 3.93. The van der Waals surface area contributed by atoms with Gasteiger partial charge in [-0.1, -0.05) is 6.92 Å². The van der Waals surface area contributed by atoms with Gasteiger partial charge in [0, 0.05) is 11.3 Å². The van der Waals surface area contributed by atoms with E-state index in [0.717, 1.165) is 24.6 Å². The molecule has 0 radical (unpaired) electrons. The van der Waals surface area contributed by atoms with Gasteiger partial charge in [-0.25, -0.2) is 9.97 Å². The molecule has 1 heterocycles. The van der Waals surface area contributed by atoms with Gasteiger partial charge in [0.1, 0.15) is 11.6 Å². The Kier molecular flexibility index (Phi) is 1.94. The van der Waals surface area contributed by atoms with Crippen molar-refractivity contribution in [1.82, 2.24) is 9.97 Å². The van der Waals surface area contributed by atoms with Gasteiger partial charge in [0.25, 0.3) is 0 Å². The zero-order chi connectivity index (χ0) is 9.42. The molecule has 1 aliphatic rings. The first-order chi connectivity index (χ1) is 6.16. The first-order valence-corrected chi connectivity index (χ1v) is 4.78. The summed E-state index contributed by atoms with van der Waals surface area (Å²) in [5, 5.41) is 0. The lowest BCUT2D eigenvalue weighted by atomic mass is 9.88. The van der Waals surface area contributed by atoms with Gasteiger partial charge in [-0.05, 0) is 32.1 Å². The first-order valence-electron chi connectivity index (χ1n) is 4.78. The molecule has 1 atom stereocenters. The first kappa shape index (κ1) is 8.48. The maximum Gasteiger partial charge on any atom is 0.130 e. The Balaban J connectivity index is 2.47. The Morgan fingerprint density at radius 2 is 2.15 bits per heavy atom. The maximum absolute atomic E-state index is 5.85. The number of fused-ring (bicyclic) bond motifs is 1. The van der Waals surface area contributed by atoms with Gasteiger partial charge in [0.05, 0.1) is 0 Å². The summed E-state index contributed by atoms with van der Waals surface area (Å²) >= 11 is 0. The van der Waals surface area contributed by atoms with E-state index in [-0.39, 0.29) is 0 Å². The third kappa shape index (κ3) is 1.50. The largest absolute Gasteiger partial charge is 0.383 e. The summed E-state index contributed by atoms with van der Waals surface area (Å²) in [6.07, 6.45) is 3.33. The van der Waals surface area contributed by atoms with E-state index >= 15 is 0 Å². The number of nitrogens with two attached hydrogens (primary N) is 1. The molecule has 0 amide bonds. The molecule has 13 heavy (non-hydrogen) atoms. The molecule has 0 fully saturated rings. The molecule has 0 aliphatic heterocycles. The fourth-order valence-corrected chi connectivity index (χ4v) is 1.94. The number of anilines is 1. The molecule has 3 nitrogen and oxygen atoms in total. The van der Waals surface area contributed by atoms with Gasteiger partial charge in [0.15, 0.2) is 0 Å². The Bertz CT molecular complexity index is 333. The van der Waals surface area contributed by atoms with Gasteiger partial charge in [-0.2, -0.15) is 0 Å². The number of aryl methyl sites for hydroxylation is 2. The van der Waals surface area contributed by atoms with E-state index in [1.807, 2.05) is 6.92 Å². The van der Waals surface area contributed by atoms with E-state index in [1.165, 1.54) is 17.7 Å².